The Morgan fingerprint density at radius 3 is 2.75 bits per heavy atom. The molecule has 1 aliphatic rings. The van der Waals surface area contributed by atoms with Crippen molar-refractivity contribution in [2.75, 3.05) is 18.9 Å². The maximum absolute atomic E-state index is 12.7. The molecule has 0 bridgehead atoms. The van der Waals surface area contributed by atoms with E-state index in [0.29, 0.717) is 12.0 Å². The molecule has 1 aromatic heterocycles. The van der Waals surface area contributed by atoms with Crippen molar-refractivity contribution in [3.8, 4) is 0 Å². The van der Waals surface area contributed by atoms with Crippen LogP contribution in [-0.2, 0) is 0 Å². The highest BCUT2D eigenvalue weighted by molar-refractivity contribution is 5.95. The number of aromatic nitrogens is 1. The Bertz CT molecular complexity index is 485. The average Bonchev–Trinajstić information content (AvgIpc) is 2.46. The van der Waals surface area contributed by atoms with Crippen LogP contribution in [0.4, 0.5) is 5.82 Å². The molecule has 1 aliphatic heterocycles. The van der Waals surface area contributed by atoms with Crippen LogP contribution >= 0.6 is 0 Å². The molecular weight excluding hydrogens is 250 g/mol. The number of hydrogen-bond donors (Lipinski definition) is 1. The Morgan fingerprint density at radius 2 is 2.15 bits per heavy atom. The average molecular weight is 275 g/mol. The third-order valence-corrected chi connectivity index (χ3v) is 4.00. The summed E-state index contributed by atoms with van der Waals surface area (Å²) in [4.78, 5) is 19.2. The van der Waals surface area contributed by atoms with Gasteiger partial charge in [0.25, 0.3) is 5.91 Å². The Labute approximate surface area is 121 Å². The third-order valence-electron chi connectivity index (χ3n) is 4.00. The lowest BCUT2D eigenvalue weighted by Gasteiger charge is -2.33. The van der Waals surface area contributed by atoms with E-state index in [9.17, 15) is 4.79 Å². The molecule has 0 spiro atoms. The minimum atomic E-state index is 0.137. The number of carbonyl (C=O) groups excluding carboxylic acids is 1. The van der Waals surface area contributed by atoms with Gasteiger partial charge in [-0.3, -0.25) is 4.79 Å². The van der Waals surface area contributed by atoms with E-state index in [1.54, 1.807) is 0 Å². The number of amides is 1. The molecule has 0 aromatic carbocycles. The molecule has 4 nitrogen and oxygen atoms in total. The number of rotatable bonds is 3. The van der Waals surface area contributed by atoms with Crippen molar-refractivity contribution in [2.45, 2.75) is 52.0 Å². The number of nitrogens with zero attached hydrogens (tertiary/aromatic N) is 2. The van der Waals surface area contributed by atoms with Gasteiger partial charge in [0.2, 0.25) is 0 Å². The smallest absolute Gasteiger partial charge is 0.254 e. The summed E-state index contributed by atoms with van der Waals surface area (Å²) in [5.41, 5.74) is 1.71. The zero-order valence-electron chi connectivity index (χ0n) is 12.9. The number of hydrogen-bond acceptors (Lipinski definition) is 3. The van der Waals surface area contributed by atoms with Crippen LogP contribution in [-0.4, -0.2) is 35.4 Å². The molecule has 1 unspecified atom stereocenters. The van der Waals surface area contributed by atoms with Gasteiger partial charge in [-0.05, 0) is 44.2 Å². The quantitative estimate of drug-likeness (QED) is 0.921. The minimum absolute atomic E-state index is 0.137. The molecule has 1 atom stereocenters. The van der Waals surface area contributed by atoms with Crippen molar-refractivity contribution in [1.29, 1.82) is 0 Å². The predicted octanol–water partition coefficient (Wildman–Crippen LogP) is 3.26. The van der Waals surface area contributed by atoms with Gasteiger partial charge in [0, 0.05) is 30.9 Å². The van der Waals surface area contributed by atoms with Gasteiger partial charge >= 0.3 is 0 Å². The Hall–Kier alpha value is -1.58. The molecule has 4 heteroatoms. The SMILES string of the molecule is CNc1cc(C(=O)N2CCCCC2C)cc(C(C)C)n1. The number of nitrogens with one attached hydrogen (secondary N) is 1. The van der Waals surface area contributed by atoms with E-state index < -0.39 is 0 Å². The van der Waals surface area contributed by atoms with Gasteiger partial charge in [-0.15, -0.1) is 0 Å². The monoisotopic (exact) mass is 275 g/mol. The van der Waals surface area contributed by atoms with Crippen LogP contribution in [0.3, 0.4) is 0 Å². The standard InChI is InChI=1S/C16H25N3O/c1-11(2)14-9-13(10-15(17-4)18-14)16(20)19-8-6-5-7-12(19)3/h9-12H,5-8H2,1-4H3,(H,17,18). The number of anilines is 1. The second kappa shape index (κ2) is 6.25. The lowest BCUT2D eigenvalue weighted by Crippen LogP contribution is -2.42. The Kier molecular flexibility index (Phi) is 4.63. The van der Waals surface area contributed by atoms with E-state index >= 15 is 0 Å². The summed E-state index contributed by atoms with van der Waals surface area (Å²) < 4.78 is 0. The number of piperidine rings is 1. The molecule has 1 fully saturated rings. The van der Waals surface area contributed by atoms with Gasteiger partial charge in [0.1, 0.15) is 5.82 Å². The molecule has 0 saturated carbocycles. The number of pyridine rings is 1. The van der Waals surface area contributed by atoms with Crippen LogP contribution in [0.25, 0.3) is 0 Å². The second-order valence-corrected chi connectivity index (χ2v) is 5.91. The second-order valence-electron chi connectivity index (χ2n) is 5.91. The van der Waals surface area contributed by atoms with Crippen molar-refractivity contribution < 1.29 is 4.79 Å². The summed E-state index contributed by atoms with van der Waals surface area (Å²) in [5.74, 6) is 1.22. The lowest BCUT2D eigenvalue weighted by atomic mass is 10.0. The largest absolute Gasteiger partial charge is 0.373 e. The molecule has 1 saturated heterocycles. The van der Waals surface area contributed by atoms with Gasteiger partial charge in [-0.2, -0.15) is 0 Å². The van der Waals surface area contributed by atoms with Crippen molar-refractivity contribution in [2.24, 2.45) is 0 Å². The normalized spacial score (nSPS) is 19.2. The van der Waals surface area contributed by atoms with Crippen molar-refractivity contribution in [3.63, 3.8) is 0 Å². The van der Waals surface area contributed by atoms with E-state index in [1.165, 1.54) is 6.42 Å². The van der Waals surface area contributed by atoms with Crippen LogP contribution in [0.1, 0.15) is 62.0 Å². The highest BCUT2D eigenvalue weighted by atomic mass is 16.2. The van der Waals surface area contributed by atoms with Gasteiger partial charge in [-0.25, -0.2) is 4.98 Å². The molecule has 1 amide bonds. The highest BCUT2D eigenvalue weighted by Gasteiger charge is 2.25. The Morgan fingerprint density at radius 1 is 1.40 bits per heavy atom. The molecule has 1 N–H and O–H groups in total. The van der Waals surface area contributed by atoms with Crippen LogP contribution in [0.2, 0.25) is 0 Å². The van der Waals surface area contributed by atoms with Gasteiger partial charge < -0.3 is 10.2 Å². The van der Waals surface area contributed by atoms with E-state index in [0.717, 1.165) is 36.5 Å². The van der Waals surface area contributed by atoms with Crippen LogP contribution in [0, 0.1) is 0 Å². The van der Waals surface area contributed by atoms with Crippen molar-refractivity contribution in [3.05, 3.63) is 23.4 Å². The fourth-order valence-electron chi connectivity index (χ4n) is 2.66. The van der Waals surface area contributed by atoms with Crippen molar-refractivity contribution in [1.82, 2.24) is 9.88 Å². The number of likely N-dealkylation sites (tertiary alicyclic amines) is 1. The molecule has 0 radical (unpaired) electrons. The van der Waals surface area contributed by atoms with Gasteiger partial charge in [0.15, 0.2) is 0 Å². The van der Waals surface area contributed by atoms with Gasteiger partial charge in [-0.1, -0.05) is 13.8 Å². The first-order valence-corrected chi connectivity index (χ1v) is 7.53. The highest BCUT2D eigenvalue weighted by Crippen LogP contribution is 2.22. The van der Waals surface area contributed by atoms with E-state index in [-0.39, 0.29) is 5.91 Å². The predicted molar refractivity (Wildman–Crippen MR) is 82.2 cm³/mol. The fraction of sp³-hybridized carbons (Fsp3) is 0.625. The van der Waals surface area contributed by atoms with Crippen molar-refractivity contribution >= 4 is 11.7 Å². The molecule has 110 valence electrons. The molecule has 0 aliphatic carbocycles. The Balaban J connectivity index is 2.30. The minimum Gasteiger partial charge on any atom is -0.373 e. The zero-order valence-corrected chi connectivity index (χ0v) is 12.9. The van der Waals surface area contributed by atoms with E-state index in [2.05, 4.69) is 31.1 Å². The molecule has 2 rings (SSSR count). The molecule has 2 heterocycles. The summed E-state index contributed by atoms with van der Waals surface area (Å²) >= 11 is 0. The summed E-state index contributed by atoms with van der Waals surface area (Å²) in [5, 5.41) is 3.05. The summed E-state index contributed by atoms with van der Waals surface area (Å²) in [6.07, 6.45) is 3.43. The first kappa shape index (κ1) is 14.8. The summed E-state index contributed by atoms with van der Waals surface area (Å²) in [6, 6.07) is 4.13. The maximum Gasteiger partial charge on any atom is 0.254 e. The third kappa shape index (κ3) is 3.11. The van der Waals surface area contributed by atoms with Gasteiger partial charge in [0.05, 0.1) is 0 Å². The lowest BCUT2D eigenvalue weighted by molar-refractivity contribution is 0.0635. The first-order valence-electron chi connectivity index (χ1n) is 7.53. The zero-order chi connectivity index (χ0) is 14.7. The van der Waals surface area contributed by atoms with Crippen LogP contribution in [0.15, 0.2) is 12.1 Å². The van der Waals surface area contributed by atoms with Crippen LogP contribution < -0.4 is 5.32 Å². The molecule has 20 heavy (non-hydrogen) atoms. The maximum atomic E-state index is 12.7. The summed E-state index contributed by atoms with van der Waals surface area (Å²) in [7, 11) is 1.84. The first-order chi connectivity index (χ1) is 9.52. The topological polar surface area (TPSA) is 45.2 Å². The van der Waals surface area contributed by atoms with E-state index in [4.69, 9.17) is 0 Å². The molecule has 1 aromatic rings. The fourth-order valence-corrected chi connectivity index (χ4v) is 2.66. The number of carbonyl (C=O) groups is 1. The van der Waals surface area contributed by atoms with E-state index in [1.807, 2.05) is 24.1 Å². The molecular formula is C16H25N3O. The summed E-state index contributed by atoms with van der Waals surface area (Å²) in [6.45, 7) is 7.20. The van der Waals surface area contributed by atoms with Crippen LogP contribution in [0.5, 0.6) is 0 Å².